The molecule has 1 aliphatic heterocycles. The van der Waals surface area contributed by atoms with Gasteiger partial charge >= 0.3 is 0 Å². The second-order valence-electron chi connectivity index (χ2n) is 5.79. The van der Waals surface area contributed by atoms with Crippen LogP contribution in [0.1, 0.15) is 38.1 Å². The molecule has 0 bridgehead atoms. The van der Waals surface area contributed by atoms with E-state index in [1.54, 1.807) is 0 Å². The van der Waals surface area contributed by atoms with Crippen LogP contribution in [-0.4, -0.2) is 34.3 Å². The van der Waals surface area contributed by atoms with E-state index in [1.165, 1.54) is 12.8 Å². The first kappa shape index (κ1) is 13.2. The first-order valence-corrected chi connectivity index (χ1v) is 6.64. The first-order chi connectivity index (χ1) is 8.49. The van der Waals surface area contributed by atoms with Crippen LogP contribution >= 0.6 is 0 Å². The highest BCUT2D eigenvalue weighted by Gasteiger charge is 2.31. The number of nitrogens with one attached hydrogen (secondary N) is 2. The van der Waals surface area contributed by atoms with E-state index in [0.717, 1.165) is 24.5 Å². The van der Waals surface area contributed by atoms with E-state index in [0.29, 0.717) is 17.4 Å². The molecule has 0 saturated carbocycles. The summed E-state index contributed by atoms with van der Waals surface area (Å²) in [5, 5.41) is 15.0. The van der Waals surface area contributed by atoms with Crippen molar-refractivity contribution in [3.8, 4) is 0 Å². The van der Waals surface area contributed by atoms with Crippen molar-refractivity contribution in [2.24, 2.45) is 5.41 Å². The minimum atomic E-state index is 0.318. The van der Waals surface area contributed by atoms with Gasteiger partial charge in [-0.3, -0.25) is 0 Å². The molecule has 100 valence electrons. The maximum Gasteiger partial charge on any atom is 0.243 e. The third-order valence-electron chi connectivity index (χ3n) is 3.89. The second kappa shape index (κ2) is 5.18. The zero-order chi connectivity index (χ0) is 13.2. The molecule has 0 aliphatic carbocycles. The lowest BCUT2D eigenvalue weighted by atomic mass is 9.77. The Labute approximate surface area is 109 Å². The van der Waals surface area contributed by atoms with Gasteiger partial charge in [0, 0.05) is 12.6 Å². The molecule has 2 heterocycles. The van der Waals surface area contributed by atoms with Crippen LogP contribution in [0, 0.1) is 19.3 Å². The highest BCUT2D eigenvalue weighted by Crippen LogP contribution is 2.29. The minimum Gasteiger partial charge on any atom is -0.351 e. The van der Waals surface area contributed by atoms with Crippen molar-refractivity contribution in [2.45, 2.75) is 46.6 Å². The van der Waals surface area contributed by atoms with Gasteiger partial charge in [-0.15, -0.1) is 5.10 Å². The SMILES string of the molecule is Cc1nnc(NCC2NCCCC2(C)C)nc1C. The van der Waals surface area contributed by atoms with Gasteiger partial charge in [0.05, 0.1) is 11.4 Å². The fourth-order valence-electron chi connectivity index (χ4n) is 2.34. The van der Waals surface area contributed by atoms with Gasteiger partial charge in [-0.05, 0) is 38.6 Å². The van der Waals surface area contributed by atoms with Crippen molar-refractivity contribution < 1.29 is 0 Å². The van der Waals surface area contributed by atoms with Crippen LogP contribution in [-0.2, 0) is 0 Å². The van der Waals surface area contributed by atoms with Crippen molar-refractivity contribution in [3.63, 3.8) is 0 Å². The fraction of sp³-hybridized carbons (Fsp3) is 0.769. The number of rotatable bonds is 3. The summed E-state index contributed by atoms with van der Waals surface area (Å²) in [5.41, 5.74) is 2.14. The normalized spacial score (nSPS) is 22.8. The van der Waals surface area contributed by atoms with Gasteiger partial charge in [0.1, 0.15) is 0 Å². The molecule has 2 N–H and O–H groups in total. The van der Waals surface area contributed by atoms with Crippen LogP contribution < -0.4 is 10.6 Å². The molecule has 1 aromatic rings. The van der Waals surface area contributed by atoms with Gasteiger partial charge in [0.25, 0.3) is 0 Å². The van der Waals surface area contributed by atoms with Crippen molar-refractivity contribution in [2.75, 3.05) is 18.4 Å². The molecule has 0 aromatic carbocycles. The predicted molar refractivity (Wildman–Crippen MR) is 72.6 cm³/mol. The molecule has 1 atom stereocenters. The van der Waals surface area contributed by atoms with Crippen molar-refractivity contribution in [1.82, 2.24) is 20.5 Å². The lowest BCUT2D eigenvalue weighted by Crippen LogP contribution is -2.50. The summed E-state index contributed by atoms with van der Waals surface area (Å²) < 4.78 is 0. The zero-order valence-electron chi connectivity index (χ0n) is 11.7. The number of aryl methyl sites for hydroxylation is 2. The summed E-state index contributed by atoms with van der Waals surface area (Å²) in [6, 6.07) is 0.455. The Morgan fingerprint density at radius 3 is 2.72 bits per heavy atom. The molecule has 1 saturated heterocycles. The minimum absolute atomic E-state index is 0.318. The van der Waals surface area contributed by atoms with Crippen LogP contribution in [0.25, 0.3) is 0 Å². The van der Waals surface area contributed by atoms with E-state index in [2.05, 4.69) is 39.7 Å². The Morgan fingerprint density at radius 1 is 1.28 bits per heavy atom. The third-order valence-corrected chi connectivity index (χ3v) is 3.89. The Hall–Kier alpha value is -1.23. The second-order valence-corrected chi connectivity index (χ2v) is 5.79. The third kappa shape index (κ3) is 2.96. The van der Waals surface area contributed by atoms with Crippen molar-refractivity contribution >= 4 is 5.95 Å². The topological polar surface area (TPSA) is 62.7 Å². The molecular formula is C13H23N5. The monoisotopic (exact) mass is 249 g/mol. The highest BCUT2D eigenvalue weighted by molar-refractivity contribution is 5.25. The van der Waals surface area contributed by atoms with Crippen LogP contribution in [0.2, 0.25) is 0 Å². The average Bonchev–Trinajstić information content (AvgIpc) is 2.31. The smallest absolute Gasteiger partial charge is 0.243 e. The summed E-state index contributed by atoms with van der Waals surface area (Å²) in [7, 11) is 0. The molecule has 0 radical (unpaired) electrons. The van der Waals surface area contributed by atoms with E-state index < -0.39 is 0 Å². The molecule has 0 amide bonds. The highest BCUT2D eigenvalue weighted by atomic mass is 15.2. The summed E-state index contributed by atoms with van der Waals surface area (Å²) in [6.07, 6.45) is 2.52. The standard InChI is InChI=1S/C13H23N5/c1-9-10(2)17-18-12(16-9)15-8-11-13(3,4)6-5-7-14-11/h11,14H,5-8H2,1-4H3,(H,15,16,18). The molecule has 5 nitrogen and oxygen atoms in total. The summed E-state index contributed by atoms with van der Waals surface area (Å²) >= 11 is 0. The van der Waals surface area contributed by atoms with Crippen LogP contribution in [0.4, 0.5) is 5.95 Å². The molecule has 0 spiro atoms. The maximum atomic E-state index is 4.39. The average molecular weight is 249 g/mol. The number of hydrogen-bond acceptors (Lipinski definition) is 5. The zero-order valence-corrected chi connectivity index (χ0v) is 11.7. The van der Waals surface area contributed by atoms with Crippen molar-refractivity contribution in [3.05, 3.63) is 11.4 Å². The molecule has 1 fully saturated rings. The Kier molecular flexibility index (Phi) is 3.80. The molecule has 1 aliphatic rings. The summed E-state index contributed by atoms with van der Waals surface area (Å²) in [6.45, 7) is 10.4. The lowest BCUT2D eigenvalue weighted by molar-refractivity contribution is 0.188. The predicted octanol–water partition coefficient (Wildman–Crippen LogP) is 1.68. The van der Waals surface area contributed by atoms with Gasteiger partial charge in [-0.2, -0.15) is 5.10 Å². The number of aromatic nitrogens is 3. The maximum absolute atomic E-state index is 4.39. The molecule has 2 rings (SSSR count). The number of nitrogens with zero attached hydrogens (tertiary/aromatic N) is 3. The Balaban J connectivity index is 1.96. The molecular weight excluding hydrogens is 226 g/mol. The largest absolute Gasteiger partial charge is 0.351 e. The molecule has 18 heavy (non-hydrogen) atoms. The fourth-order valence-corrected chi connectivity index (χ4v) is 2.34. The van der Waals surface area contributed by atoms with Gasteiger partial charge in [-0.1, -0.05) is 13.8 Å². The van der Waals surface area contributed by atoms with Gasteiger partial charge in [-0.25, -0.2) is 4.98 Å². The summed E-state index contributed by atoms with van der Waals surface area (Å²) in [4.78, 5) is 4.39. The Bertz CT molecular complexity index is 416. The van der Waals surface area contributed by atoms with E-state index >= 15 is 0 Å². The van der Waals surface area contributed by atoms with E-state index in [9.17, 15) is 0 Å². The van der Waals surface area contributed by atoms with Gasteiger partial charge in [0.15, 0.2) is 0 Å². The summed E-state index contributed by atoms with van der Waals surface area (Å²) in [5.74, 6) is 0.626. The first-order valence-electron chi connectivity index (χ1n) is 6.64. The Morgan fingerprint density at radius 2 is 2.06 bits per heavy atom. The molecule has 1 unspecified atom stereocenters. The lowest BCUT2D eigenvalue weighted by Gasteiger charge is -2.39. The van der Waals surface area contributed by atoms with Crippen LogP contribution in [0.3, 0.4) is 0 Å². The number of anilines is 1. The molecule has 1 aromatic heterocycles. The number of piperidine rings is 1. The molecule has 5 heteroatoms. The number of hydrogen-bond donors (Lipinski definition) is 2. The van der Waals surface area contributed by atoms with Crippen LogP contribution in [0.5, 0.6) is 0 Å². The van der Waals surface area contributed by atoms with Gasteiger partial charge < -0.3 is 10.6 Å². The van der Waals surface area contributed by atoms with E-state index in [4.69, 9.17) is 0 Å². The van der Waals surface area contributed by atoms with Crippen molar-refractivity contribution in [1.29, 1.82) is 0 Å². The van der Waals surface area contributed by atoms with Crippen LogP contribution in [0.15, 0.2) is 0 Å². The van der Waals surface area contributed by atoms with E-state index in [-0.39, 0.29) is 0 Å². The van der Waals surface area contributed by atoms with E-state index in [1.807, 2.05) is 13.8 Å². The quantitative estimate of drug-likeness (QED) is 0.853. The van der Waals surface area contributed by atoms with Gasteiger partial charge in [0.2, 0.25) is 5.95 Å².